The van der Waals surface area contributed by atoms with Gasteiger partial charge in [0.25, 0.3) is 0 Å². The van der Waals surface area contributed by atoms with Gasteiger partial charge < -0.3 is 15.2 Å². The van der Waals surface area contributed by atoms with Crippen LogP contribution in [0.3, 0.4) is 0 Å². The molecule has 1 aliphatic heterocycles. The second-order valence-electron chi connectivity index (χ2n) is 6.09. The molecule has 2 fully saturated rings. The quantitative estimate of drug-likeness (QED) is 0.815. The van der Waals surface area contributed by atoms with E-state index in [4.69, 9.17) is 4.74 Å². The lowest BCUT2D eigenvalue weighted by Crippen LogP contribution is -2.54. The molecule has 0 aromatic rings. The van der Waals surface area contributed by atoms with Crippen LogP contribution in [0.15, 0.2) is 0 Å². The van der Waals surface area contributed by atoms with Gasteiger partial charge in [-0.25, -0.2) is 0 Å². The monoisotopic (exact) mass is 269 g/mol. The van der Waals surface area contributed by atoms with Crippen molar-refractivity contribution >= 4 is 11.9 Å². The predicted octanol–water partition coefficient (Wildman–Crippen LogP) is 1.56. The van der Waals surface area contributed by atoms with Crippen LogP contribution < -0.4 is 5.32 Å². The third kappa shape index (κ3) is 2.76. The summed E-state index contributed by atoms with van der Waals surface area (Å²) in [7, 11) is 0. The lowest BCUT2D eigenvalue weighted by atomic mass is 9.71. The minimum atomic E-state index is -0.851. The normalized spacial score (nSPS) is 38.9. The fourth-order valence-electron chi connectivity index (χ4n) is 3.11. The van der Waals surface area contributed by atoms with E-state index in [9.17, 15) is 14.7 Å². The Hall–Kier alpha value is -1.10. The van der Waals surface area contributed by atoms with Crippen molar-refractivity contribution in [3.8, 4) is 0 Å². The molecule has 0 radical (unpaired) electrons. The Labute approximate surface area is 113 Å². The number of carbonyl (C=O) groups excluding carboxylic acids is 1. The van der Waals surface area contributed by atoms with Crippen molar-refractivity contribution in [1.29, 1.82) is 0 Å². The molecule has 19 heavy (non-hydrogen) atoms. The maximum Gasteiger partial charge on any atom is 0.311 e. The van der Waals surface area contributed by atoms with Gasteiger partial charge in [0.05, 0.1) is 5.41 Å². The number of amides is 1. The van der Waals surface area contributed by atoms with Crippen molar-refractivity contribution in [3.05, 3.63) is 0 Å². The van der Waals surface area contributed by atoms with E-state index in [2.05, 4.69) is 5.32 Å². The topological polar surface area (TPSA) is 75.6 Å². The maximum absolute atomic E-state index is 12.2. The molecule has 1 aliphatic carbocycles. The number of carboxylic acids is 1. The first-order chi connectivity index (χ1) is 8.95. The van der Waals surface area contributed by atoms with Crippen LogP contribution in [0.2, 0.25) is 0 Å². The van der Waals surface area contributed by atoms with Gasteiger partial charge in [0.1, 0.15) is 6.10 Å². The SMILES string of the molecule is CC1CCOC1C(=O)NC1CCCCC1(C)C(=O)O. The third-order valence-corrected chi connectivity index (χ3v) is 4.66. The smallest absolute Gasteiger partial charge is 0.311 e. The molecule has 4 atom stereocenters. The van der Waals surface area contributed by atoms with Gasteiger partial charge in [-0.15, -0.1) is 0 Å². The van der Waals surface area contributed by atoms with Gasteiger partial charge in [-0.1, -0.05) is 19.8 Å². The molecule has 108 valence electrons. The molecular formula is C14H23NO4. The van der Waals surface area contributed by atoms with Gasteiger partial charge in [-0.3, -0.25) is 9.59 Å². The van der Waals surface area contributed by atoms with Crippen LogP contribution in [-0.4, -0.2) is 35.7 Å². The fourth-order valence-corrected chi connectivity index (χ4v) is 3.11. The zero-order valence-corrected chi connectivity index (χ0v) is 11.6. The molecule has 0 aromatic carbocycles. The van der Waals surface area contributed by atoms with Crippen LogP contribution in [0.25, 0.3) is 0 Å². The summed E-state index contributed by atoms with van der Waals surface area (Å²) in [5, 5.41) is 12.3. The average Bonchev–Trinajstić information content (AvgIpc) is 2.78. The molecule has 5 nitrogen and oxygen atoms in total. The summed E-state index contributed by atoms with van der Waals surface area (Å²) in [6.45, 7) is 4.34. The lowest BCUT2D eigenvalue weighted by Gasteiger charge is -2.38. The van der Waals surface area contributed by atoms with Crippen molar-refractivity contribution < 1.29 is 19.4 Å². The highest BCUT2D eigenvalue weighted by Gasteiger charge is 2.45. The number of rotatable bonds is 3. The average molecular weight is 269 g/mol. The molecule has 4 unspecified atom stereocenters. The van der Waals surface area contributed by atoms with Crippen molar-refractivity contribution in [1.82, 2.24) is 5.32 Å². The molecule has 1 amide bonds. The maximum atomic E-state index is 12.2. The molecule has 1 heterocycles. The minimum Gasteiger partial charge on any atom is -0.481 e. The highest BCUT2D eigenvalue weighted by atomic mass is 16.5. The largest absolute Gasteiger partial charge is 0.481 e. The van der Waals surface area contributed by atoms with Gasteiger partial charge in [0.15, 0.2) is 0 Å². The molecule has 0 aromatic heterocycles. The third-order valence-electron chi connectivity index (χ3n) is 4.66. The van der Waals surface area contributed by atoms with E-state index in [0.29, 0.717) is 13.0 Å². The number of carbonyl (C=O) groups is 2. The number of hydrogen-bond acceptors (Lipinski definition) is 3. The first kappa shape index (κ1) is 14.3. The first-order valence-electron chi connectivity index (χ1n) is 7.10. The summed E-state index contributed by atoms with van der Waals surface area (Å²) >= 11 is 0. The zero-order chi connectivity index (χ0) is 14.0. The van der Waals surface area contributed by atoms with Crippen LogP contribution in [0.4, 0.5) is 0 Å². The molecule has 1 saturated carbocycles. The number of carboxylic acid groups (broad SMARTS) is 1. The Morgan fingerprint density at radius 1 is 1.32 bits per heavy atom. The molecular weight excluding hydrogens is 246 g/mol. The van der Waals surface area contributed by atoms with Crippen LogP contribution in [-0.2, 0) is 14.3 Å². The van der Waals surface area contributed by atoms with Gasteiger partial charge in [0, 0.05) is 12.6 Å². The summed E-state index contributed by atoms with van der Waals surface area (Å²) in [5.74, 6) is -0.762. The highest BCUT2D eigenvalue weighted by molar-refractivity contribution is 5.83. The molecule has 0 bridgehead atoms. The van der Waals surface area contributed by atoms with Crippen molar-refractivity contribution in [2.45, 2.75) is 58.1 Å². The second-order valence-corrected chi connectivity index (χ2v) is 6.09. The van der Waals surface area contributed by atoms with E-state index in [0.717, 1.165) is 25.7 Å². The van der Waals surface area contributed by atoms with Crippen molar-refractivity contribution in [3.63, 3.8) is 0 Å². The summed E-state index contributed by atoms with van der Waals surface area (Å²) in [5.41, 5.74) is -0.851. The zero-order valence-electron chi connectivity index (χ0n) is 11.6. The van der Waals surface area contributed by atoms with E-state index in [1.165, 1.54) is 0 Å². The molecule has 2 rings (SSSR count). The molecule has 0 spiro atoms. The van der Waals surface area contributed by atoms with Crippen LogP contribution >= 0.6 is 0 Å². The second kappa shape index (κ2) is 5.49. The van der Waals surface area contributed by atoms with E-state index < -0.39 is 17.5 Å². The van der Waals surface area contributed by atoms with Crippen LogP contribution in [0, 0.1) is 11.3 Å². The summed E-state index contributed by atoms with van der Waals surface area (Å²) in [4.78, 5) is 23.7. The molecule has 2 N–H and O–H groups in total. The van der Waals surface area contributed by atoms with E-state index in [1.807, 2.05) is 6.92 Å². The minimum absolute atomic E-state index is 0.149. The van der Waals surface area contributed by atoms with Gasteiger partial charge in [0.2, 0.25) is 5.91 Å². The van der Waals surface area contributed by atoms with Gasteiger partial charge in [-0.2, -0.15) is 0 Å². The van der Waals surface area contributed by atoms with Crippen LogP contribution in [0.5, 0.6) is 0 Å². The van der Waals surface area contributed by atoms with Crippen molar-refractivity contribution in [2.75, 3.05) is 6.61 Å². The summed E-state index contributed by atoms with van der Waals surface area (Å²) in [6.07, 6.45) is 3.70. The lowest BCUT2D eigenvalue weighted by molar-refractivity contribution is -0.152. The van der Waals surface area contributed by atoms with Gasteiger partial charge in [-0.05, 0) is 32.1 Å². The Kier molecular flexibility index (Phi) is 4.13. The number of aliphatic carboxylic acids is 1. The Balaban J connectivity index is 2.03. The number of nitrogens with one attached hydrogen (secondary N) is 1. The van der Waals surface area contributed by atoms with Crippen LogP contribution in [0.1, 0.15) is 46.0 Å². The number of ether oxygens (including phenoxy) is 1. The highest BCUT2D eigenvalue weighted by Crippen LogP contribution is 2.36. The molecule has 2 aliphatic rings. The summed E-state index contributed by atoms with van der Waals surface area (Å²) in [6, 6.07) is -0.289. The number of hydrogen-bond donors (Lipinski definition) is 2. The van der Waals surface area contributed by atoms with E-state index >= 15 is 0 Å². The first-order valence-corrected chi connectivity index (χ1v) is 7.10. The predicted molar refractivity (Wildman–Crippen MR) is 69.7 cm³/mol. The Bertz CT molecular complexity index is 370. The van der Waals surface area contributed by atoms with Gasteiger partial charge >= 0.3 is 5.97 Å². The standard InChI is InChI=1S/C14H23NO4/c1-9-6-8-19-11(9)12(16)15-10-5-3-4-7-14(10,2)13(17)18/h9-11H,3-8H2,1-2H3,(H,15,16)(H,17,18). The van der Waals surface area contributed by atoms with Crippen molar-refractivity contribution in [2.24, 2.45) is 11.3 Å². The Morgan fingerprint density at radius 2 is 2.05 bits per heavy atom. The molecule has 1 saturated heterocycles. The fraction of sp³-hybridized carbons (Fsp3) is 0.857. The summed E-state index contributed by atoms with van der Waals surface area (Å²) < 4.78 is 5.44. The Morgan fingerprint density at radius 3 is 2.63 bits per heavy atom. The van der Waals surface area contributed by atoms with E-state index in [1.54, 1.807) is 6.92 Å². The molecule has 5 heteroatoms. The van der Waals surface area contributed by atoms with E-state index in [-0.39, 0.29) is 17.9 Å².